The fourth-order valence-corrected chi connectivity index (χ4v) is 1.75. The van der Waals surface area contributed by atoms with E-state index in [4.69, 9.17) is 0 Å². The molecule has 0 aliphatic carbocycles. The lowest BCUT2D eigenvalue weighted by molar-refractivity contribution is 0.629. The summed E-state index contributed by atoms with van der Waals surface area (Å²) in [6.45, 7) is 4.06. The maximum atomic E-state index is 13.8. The van der Waals surface area contributed by atoms with Crippen molar-refractivity contribution in [3.63, 3.8) is 0 Å². The maximum Gasteiger partial charge on any atom is 0.131 e. The molecule has 0 nitrogen and oxygen atoms in total. The Morgan fingerprint density at radius 1 is 1.00 bits per heavy atom. The molecule has 0 saturated heterocycles. The SMILES string of the molecule is CCc1ccc(-c2ccc(C)cc2)c(F)c1. The van der Waals surface area contributed by atoms with Gasteiger partial charge in [0.1, 0.15) is 5.82 Å². The van der Waals surface area contributed by atoms with Crippen LogP contribution in [-0.4, -0.2) is 0 Å². The van der Waals surface area contributed by atoms with Gasteiger partial charge in [-0.1, -0.05) is 48.9 Å². The molecule has 0 aromatic heterocycles. The molecular weight excluding hydrogens is 199 g/mol. The number of rotatable bonds is 2. The van der Waals surface area contributed by atoms with Crippen LogP contribution in [-0.2, 0) is 6.42 Å². The first kappa shape index (κ1) is 10.9. The smallest absolute Gasteiger partial charge is 0.131 e. The number of aryl methyl sites for hydroxylation is 2. The third-order valence-corrected chi connectivity index (χ3v) is 2.80. The average molecular weight is 214 g/mol. The predicted molar refractivity (Wildman–Crippen MR) is 66.0 cm³/mol. The Kier molecular flexibility index (Phi) is 3.04. The highest BCUT2D eigenvalue weighted by atomic mass is 19.1. The fourth-order valence-electron chi connectivity index (χ4n) is 1.75. The Morgan fingerprint density at radius 2 is 1.69 bits per heavy atom. The first-order valence-corrected chi connectivity index (χ1v) is 5.56. The lowest BCUT2D eigenvalue weighted by atomic mass is 10.0. The Bertz CT molecular complexity index is 483. The van der Waals surface area contributed by atoms with Crippen LogP contribution in [0.1, 0.15) is 18.1 Å². The summed E-state index contributed by atoms with van der Waals surface area (Å²) in [5, 5.41) is 0. The molecule has 0 atom stereocenters. The molecule has 0 amide bonds. The van der Waals surface area contributed by atoms with Gasteiger partial charge in [0.15, 0.2) is 0 Å². The van der Waals surface area contributed by atoms with Crippen molar-refractivity contribution >= 4 is 0 Å². The molecule has 82 valence electrons. The van der Waals surface area contributed by atoms with Crippen LogP contribution in [0.4, 0.5) is 4.39 Å². The third-order valence-electron chi connectivity index (χ3n) is 2.80. The van der Waals surface area contributed by atoms with Crippen molar-refractivity contribution in [3.05, 3.63) is 59.4 Å². The monoisotopic (exact) mass is 214 g/mol. The molecule has 0 heterocycles. The van der Waals surface area contributed by atoms with E-state index >= 15 is 0 Å². The zero-order valence-electron chi connectivity index (χ0n) is 9.63. The molecule has 1 heteroatoms. The minimum absolute atomic E-state index is 0.136. The highest BCUT2D eigenvalue weighted by molar-refractivity contribution is 5.64. The summed E-state index contributed by atoms with van der Waals surface area (Å²) in [6.07, 6.45) is 0.866. The van der Waals surface area contributed by atoms with Crippen molar-refractivity contribution in [2.24, 2.45) is 0 Å². The molecule has 2 rings (SSSR count). The Balaban J connectivity index is 2.44. The van der Waals surface area contributed by atoms with E-state index in [-0.39, 0.29) is 5.82 Å². The molecule has 0 saturated carbocycles. The van der Waals surface area contributed by atoms with Gasteiger partial charge in [0, 0.05) is 5.56 Å². The van der Waals surface area contributed by atoms with E-state index in [0.29, 0.717) is 5.56 Å². The van der Waals surface area contributed by atoms with Gasteiger partial charge in [0.05, 0.1) is 0 Å². The summed E-state index contributed by atoms with van der Waals surface area (Å²) in [5.74, 6) is -0.136. The quantitative estimate of drug-likeness (QED) is 0.696. The molecule has 0 spiro atoms. The standard InChI is InChI=1S/C15H15F/c1-3-12-6-9-14(15(16)10-12)13-7-4-11(2)5-8-13/h4-10H,3H2,1-2H3. The number of hydrogen-bond acceptors (Lipinski definition) is 0. The van der Waals surface area contributed by atoms with Crippen LogP contribution in [0.25, 0.3) is 11.1 Å². The highest BCUT2D eigenvalue weighted by Crippen LogP contribution is 2.24. The van der Waals surface area contributed by atoms with E-state index in [1.165, 1.54) is 5.56 Å². The van der Waals surface area contributed by atoms with Crippen LogP contribution in [0.2, 0.25) is 0 Å². The number of hydrogen-bond donors (Lipinski definition) is 0. The molecule has 0 bridgehead atoms. The van der Waals surface area contributed by atoms with E-state index in [0.717, 1.165) is 17.5 Å². The summed E-state index contributed by atoms with van der Waals surface area (Å²) in [7, 11) is 0. The van der Waals surface area contributed by atoms with Gasteiger partial charge >= 0.3 is 0 Å². The number of halogens is 1. The zero-order valence-corrected chi connectivity index (χ0v) is 9.63. The Hall–Kier alpha value is -1.63. The summed E-state index contributed by atoms with van der Waals surface area (Å²) in [4.78, 5) is 0. The Labute approximate surface area is 95.7 Å². The lowest BCUT2D eigenvalue weighted by Gasteiger charge is -2.05. The van der Waals surface area contributed by atoms with Gasteiger partial charge in [-0.3, -0.25) is 0 Å². The molecule has 0 unspecified atom stereocenters. The fraction of sp³-hybridized carbons (Fsp3) is 0.200. The normalized spacial score (nSPS) is 10.4. The highest BCUT2D eigenvalue weighted by Gasteiger charge is 2.05. The van der Waals surface area contributed by atoms with Gasteiger partial charge in [-0.2, -0.15) is 0 Å². The molecule has 0 aliphatic heterocycles. The van der Waals surface area contributed by atoms with E-state index in [2.05, 4.69) is 0 Å². The van der Waals surface area contributed by atoms with Gasteiger partial charge < -0.3 is 0 Å². The zero-order chi connectivity index (χ0) is 11.5. The second kappa shape index (κ2) is 4.48. The summed E-state index contributed by atoms with van der Waals surface area (Å²) >= 11 is 0. The van der Waals surface area contributed by atoms with E-state index < -0.39 is 0 Å². The van der Waals surface area contributed by atoms with Crippen LogP contribution >= 0.6 is 0 Å². The topological polar surface area (TPSA) is 0 Å². The van der Waals surface area contributed by atoms with Gasteiger partial charge in [-0.15, -0.1) is 0 Å². The molecule has 16 heavy (non-hydrogen) atoms. The van der Waals surface area contributed by atoms with Crippen molar-refractivity contribution < 1.29 is 4.39 Å². The molecule has 0 radical (unpaired) electrons. The van der Waals surface area contributed by atoms with Gasteiger partial charge in [0.25, 0.3) is 0 Å². The minimum Gasteiger partial charge on any atom is -0.206 e. The predicted octanol–water partition coefficient (Wildman–Crippen LogP) is 4.36. The molecule has 0 fully saturated rings. The van der Waals surface area contributed by atoms with E-state index in [9.17, 15) is 4.39 Å². The van der Waals surface area contributed by atoms with Crippen LogP contribution in [0.3, 0.4) is 0 Å². The first-order valence-electron chi connectivity index (χ1n) is 5.56. The van der Waals surface area contributed by atoms with E-state index in [1.54, 1.807) is 6.07 Å². The molecular formula is C15H15F. The molecule has 0 N–H and O–H groups in total. The number of benzene rings is 2. The second-order valence-corrected chi connectivity index (χ2v) is 4.03. The van der Waals surface area contributed by atoms with Crippen LogP contribution in [0.5, 0.6) is 0 Å². The van der Waals surface area contributed by atoms with Crippen molar-refractivity contribution in [1.82, 2.24) is 0 Å². The molecule has 0 aliphatic rings. The third kappa shape index (κ3) is 2.13. The van der Waals surface area contributed by atoms with Crippen LogP contribution < -0.4 is 0 Å². The molecule has 2 aromatic rings. The van der Waals surface area contributed by atoms with Crippen LogP contribution in [0, 0.1) is 12.7 Å². The van der Waals surface area contributed by atoms with Crippen molar-refractivity contribution in [3.8, 4) is 11.1 Å². The van der Waals surface area contributed by atoms with E-state index in [1.807, 2.05) is 50.2 Å². The average Bonchev–Trinajstić information content (AvgIpc) is 2.30. The maximum absolute atomic E-state index is 13.8. The summed E-state index contributed by atoms with van der Waals surface area (Å²) in [5.41, 5.74) is 3.84. The molecule has 2 aromatic carbocycles. The largest absolute Gasteiger partial charge is 0.206 e. The second-order valence-electron chi connectivity index (χ2n) is 4.03. The van der Waals surface area contributed by atoms with Crippen LogP contribution in [0.15, 0.2) is 42.5 Å². The van der Waals surface area contributed by atoms with Crippen molar-refractivity contribution in [1.29, 1.82) is 0 Å². The lowest BCUT2D eigenvalue weighted by Crippen LogP contribution is -1.88. The van der Waals surface area contributed by atoms with Gasteiger partial charge in [-0.25, -0.2) is 4.39 Å². The van der Waals surface area contributed by atoms with Gasteiger partial charge in [-0.05, 0) is 30.5 Å². The Morgan fingerprint density at radius 3 is 2.25 bits per heavy atom. The minimum atomic E-state index is -0.136. The first-order chi connectivity index (χ1) is 7.70. The van der Waals surface area contributed by atoms with Gasteiger partial charge in [0.2, 0.25) is 0 Å². The summed E-state index contributed by atoms with van der Waals surface area (Å²) < 4.78 is 13.8. The van der Waals surface area contributed by atoms with Crippen molar-refractivity contribution in [2.45, 2.75) is 20.3 Å². The van der Waals surface area contributed by atoms with Crippen molar-refractivity contribution in [2.75, 3.05) is 0 Å². The summed E-state index contributed by atoms with van der Waals surface area (Å²) in [6, 6.07) is 13.4.